The molecule has 1 N–H and O–H groups in total. The Morgan fingerprint density at radius 3 is 2.00 bits per heavy atom. The third-order valence-corrected chi connectivity index (χ3v) is 2.00. The average molecular weight is 206 g/mol. The molecule has 1 unspecified atom stereocenters. The van der Waals surface area contributed by atoms with Gasteiger partial charge in [0.15, 0.2) is 0 Å². The predicted molar refractivity (Wildman–Crippen MR) is 31.1 cm³/mol. The zero-order chi connectivity index (χ0) is 10.5. The maximum Gasteiger partial charge on any atom is 0.449 e. The second-order valence-electron chi connectivity index (χ2n) is 2.98. The highest BCUT2D eigenvalue weighted by molar-refractivity contribution is 4.99. The summed E-state index contributed by atoms with van der Waals surface area (Å²) in [5.74, 6) is -10.3. The zero-order valence-electron chi connectivity index (χ0n) is 6.53. The van der Waals surface area contributed by atoms with Crippen molar-refractivity contribution >= 4 is 0 Å². The average Bonchev–Trinajstić information content (AvgIpc) is 2.13. The van der Waals surface area contributed by atoms with Gasteiger partial charge in [-0.15, -0.1) is 0 Å². The van der Waals surface area contributed by atoms with E-state index in [0.717, 1.165) is 6.92 Å². The molecule has 0 bridgehead atoms. The Labute approximate surface area is 70.3 Å². The van der Waals surface area contributed by atoms with Gasteiger partial charge < -0.3 is 9.84 Å². The monoisotopic (exact) mass is 206 g/mol. The molecule has 0 amide bonds. The summed E-state index contributed by atoms with van der Waals surface area (Å²) in [4.78, 5) is 0. The molecule has 0 aromatic heterocycles. The summed E-state index contributed by atoms with van der Waals surface area (Å²) in [6.45, 7) is 0.0622. The maximum atomic E-state index is 12.8. The van der Waals surface area contributed by atoms with Crippen LogP contribution in [-0.4, -0.2) is 29.6 Å². The molecule has 13 heavy (non-hydrogen) atoms. The number of halogens is 5. The van der Waals surface area contributed by atoms with Crippen molar-refractivity contribution in [2.45, 2.75) is 24.8 Å². The number of ether oxygens (including phenoxy) is 1. The van der Waals surface area contributed by atoms with E-state index in [-0.39, 0.29) is 0 Å². The van der Waals surface area contributed by atoms with Crippen LogP contribution in [0, 0.1) is 5.92 Å². The van der Waals surface area contributed by atoms with Gasteiger partial charge in [-0.3, -0.25) is 0 Å². The summed E-state index contributed by atoms with van der Waals surface area (Å²) in [5, 5.41) is 8.63. The molecule has 1 aliphatic rings. The van der Waals surface area contributed by atoms with Crippen LogP contribution < -0.4 is 0 Å². The summed E-state index contributed by atoms with van der Waals surface area (Å²) in [6, 6.07) is 0. The summed E-state index contributed by atoms with van der Waals surface area (Å²) < 4.78 is 65.2. The molecular formula is C6H7F5O2. The lowest BCUT2D eigenvalue weighted by Gasteiger charge is -2.30. The number of alkyl halides is 5. The Balaban J connectivity index is 3.06. The normalized spacial score (nSPS) is 39.5. The summed E-state index contributed by atoms with van der Waals surface area (Å²) in [5.41, 5.74) is 0. The lowest BCUT2D eigenvalue weighted by Crippen LogP contribution is -2.57. The van der Waals surface area contributed by atoms with Crippen molar-refractivity contribution in [3.05, 3.63) is 0 Å². The van der Waals surface area contributed by atoms with Crippen molar-refractivity contribution in [3.63, 3.8) is 0 Å². The largest absolute Gasteiger partial charge is 0.449 e. The van der Waals surface area contributed by atoms with E-state index < -0.39 is 30.4 Å². The fourth-order valence-corrected chi connectivity index (χ4v) is 1.05. The van der Waals surface area contributed by atoms with Gasteiger partial charge in [0.25, 0.3) is 0 Å². The van der Waals surface area contributed by atoms with Crippen LogP contribution in [-0.2, 0) is 4.74 Å². The standard InChI is InChI=1S/C6H7F5O2/c1-3-2-13-5(12,4(3,7)8)6(9,10)11/h3,12H,2H2,1H3/t3-,5?/m0/s1. The first-order valence-electron chi connectivity index (χ1n) is 3.44. The van der Waals surface area contributed by atoms with Crippen molar-refractivity contribution in [2.75, 3.05) is 6.61 Å². The van der Waals surface area contributed by atoms with Gasteiger partial charge in [0.1, 0.15) is 0 Å². The minimum atomic E-state index is -5.48. The van der Waals surface area contributed by atoms with Gasteiger partial charge in [-0.05, 0) is 0 Å². The minimum absolute atomic E-state index is 0.816. The molecule has 78 valence electrons. The number of hydrogen-bond donors (Lipinski definition) is 1. The molecular weight excluding hydrogens is 199 g/mol. The number of aliphatic hydroxyl groups is 1. The highest BCUT2D eigenvalue weighted by Crippen LogP contribution is 2.51. The maximum absolute atomic E-state index is 12.8. The summed E-state index contributed by atoms with van der Waals surface area (Å²) >= 11 is 0. The molecule has 7 heteroatoms. The first-order valence-corrected chi connectivity index (χ1v) is 3.44. The van der Waals surface area contributed by atoms with Gasteiger partial charge in [-0.2, -0.15) is 22.0 Å². The molecule has 0 saturated carbocycles. The van der Waals surface area contributed by atoms with E-state index in [2.05, 4.69) is 4.74 Å². The van der Waals surface area contributed by atoms with Gasteiger partial charge in [0.2, 0.25) is 0 Å². The van der Waals surface area contributed by atoms with Crippen molar-refractivity contribution in [1.29, 1.82) is 0 Å². The first-order chi connectivity index (χ1) is 5.63. The molecule has 0 spiro atoms. The van der Waals surface area contributed by atoms with Crippen LogP contribution in [0.15, 0.2) is 0 Å². The van der Waals surface area contributed by atoms with Gasteiger partial charge in [0, 0.05) is 5.92 Å². The smallest absolute Gasteiger partial charge is 0.354 e. The fourth-order valence-electron chi connectivity index (χ4n) is 1.05. The summed E-state index contributed by atoms with van der Waals surface area (Å²) in [6.07, 6.45) is -5.48. The molecule has 0 aromatic rings. The van der Waals surface area contributed by atoms with Crippen LogP contribution in [0.5, 0.6) is 0 Å². The Bertz CT molecular complexity index is 214. The Morgan fingerprint density at radius 1 is 1.38 bits per heavy atom. The molecule has 2 nitrogen and oxygen atoms in total. The van der Waals surface area contributed by atoms with Crippen molar-refractivity contribution in [3.8, 4) is 0 Å². The van der Waals surface area contributed by atoms with Crippen molar-refractivity contribution in [1.82, 2.24) is 0 Å². The molecule has 1 fully saturated rings. The van der Waals surface area contributed by atoms with E-state index in [1.54, 1.807) is 0 Å². The topological polar surface area (TPSA) is 29.5 Å². The third kappa shape index (κ3) is 1.21. The quantitative estimate of drug-likeness (QED) is 0.609. The fraction of sp³-hybridized carbons (Fsp3) is 1.00. The molecule has 1 aliphatic heterocycles. The number of hydrogen-bond acceptors (Lipinski definition) is 2. The van der Waals surface area contributed by atoms with E-state index in [9.17, 15) is 22.0 Å². The molecule has 1 heterocycles. The number of rotatable bonds is 0. The lowest BCUT2D eigenvalue weighted by molar-refractivity contribution is -0.404. The first kappa shape index (κ1) is 10.6. The van der Waals surface area contributed by atoms with Crippen molar-refractivity contribution in [2.24, 2.45) is 5.92 Å². The second kappa shape index (κ2) is 2.54. The van der Waals surface area contributed by atoms with Crippen LogP contribution >= 0.6 is 0 Å². The lowest BCUT2D eigenvalue weighted by atomic mass is 10.00. The van der Waals surface area contributed by atoms with E-state index in [0.29, 0.717) is 0 Å². The van der Waals surface area contributed by atoms with Gasteiger partial charge >= 0.3 is 17.9 Å². The predicted octanol–water partition coefficient (Wildman–Crippen LogP) is 1.54. The second-order valence-corrected chi connectivity index (χ2v) is 2.98. The van der Waals surface area contributed by atoms with Gasteiger partial charge in [-0.25, -0.2) is 0 Å². The molecule has 0 radical (unpaired) electrons. The van der Waals surface area contributed by atoms with Crippen LogP contribution in [0.1, 0.15) is 6.92 Å². The van der Waals surface area contributed by atoms with E-state index in [1.165, 1.54) is 0 Å². The molecule has 2 atom stereocenters. The van der Waals surface area contributed by atoms with Crippen LogP contribution in [0.4, 0.5) is 22.0 Å². The Hall–Kier alpha value is -0.430. The highest BCUT2D eigenvalue weighted by atomic mass is 19.4. The van der Waals surface area contributed by atoms with Crippen LogP contribution in [0.2, 0.25) is 0 Å². The van der Waals surface area contributed by atoms with Gasteiger partial charge in [0.05, 0.1) is 6.61 Å². The van der Waals surface area contributed by atoms with E-state index >= 15 is 0 Å². The Morgan fingerprint density at radius 2 is 1.85 bits per heavy atom. The zero-order valence-corrected chi connectivity index (χ0v) is 6.53. The Kier molecular flexibility index (Phi) is 2.08. The SMILES string of the molecule is C[C@H]1COC(O)(C(F)(F)F)C1(F)F. The minimum Gasteiger partial charge on any atom is -0.354 e. The van der Waals surface area contributed by atoms with Crippen LogP contribution in [0.3, 0.4) is 0 Å². The highest BCUT2D eigenvalue weighted by Gasteiger charge is 2.75. The van der Waals surface area contributed by atoms with E-state index in [4.69, 9.17) is 5.11 Å². The van der Waals surface area contributed by atoms with Crippen molar-refractivity contribution < 1.29 is 31.8 Å². The summed E-state index contributed by atoms with van der Waals surface area (Å²) in [7, 11) is 0. The molecule has 1 rings (SSSR count). The molecule has 0 aromatic carbocycles. The molecule has 1 saturated heterocycles. The van der Waals surface area contributed by atoms with Gasteiger partial charge in [-0.1, -0.05) is 6.92 Å². The van der Waals surface area contributed by atoms with Crippen LogP contribution in [0.25, 0.3) is 0 Å². The molecule has 0 aliphatic carbocycles. The third-order valence-electron chi connectivity index (χ3n) is 2.00. The van der Waals surface area contributed by atoms with E-state index in [1.807, 2.05) is 0 Å².